The second-order valence-electron chi connectivity index (χ2n) is 6.47. The Labute approximate surface area is 157 Å². The number of anilines is 1. The molecule has 2 aromatic carbocycles. The summed E-state index contributed by atoms with van der Waals surface area (Å²) < 4.78 is 6.88. The van der Waals surface area contributed by atoms with Crippen molar-refractivity contribution in [1.82, 2.24) is 14.9 Å². The Morgan fingerprint density at radius 2 is 1.93 bits per heavy atom. The van der Waals surface area contributed by atoms with Crippen LogP contribution >= 0.6 is 0 Å². The third-order valence-corrected chi connectivity index (χ3v) is 4.73. The van der Waals surface area contributed by atoms with E-state index < -0.39 is 0 Å². The van der Waals surface area contributed by atoms with Crippen LogP contribution in [-0.2, 0) is 19.5 Å². The van der Waals surface area contributed by atoms with E-state index in [2.05, 4.69) is 10.6 Å². The molecular weight excluding hydrogens is 340 g/mol. The Morgan fingerprint density at radius 3 is 2.67 bits per heavy atom. The SMILES string of the molecule is COc1ccc(CNc2nc3c(c(=O)n2-c2ccccc2)CCNC3)cc1. The quantitative estimate of drug-likeness (QED) is 0.730. The smallest absolute Gasteiger partial charge is 0.263 e. The second-order valence-corrected chi connectivity index (χ2v) is 6.47. The van der Waals surface area contributed by atoms with Gasteiger partial charge >= 0.3 is 0 Å². The maximum absolute atomic E-state index is 13.2. The molecule has 0 saturated carbocycles. The van der Waals surface area contributed by atoms with Gasteiger partial charge in [0.15, 0.2) is 0 Å². The van der Waals surface area contributed by atoms with Crippen molar-refractivity contribution < 1.29 is 4.74 Å². The first kappa shape index (κ1) is 17.3. The van der Waals surface area contributed by atoms with Gasteiger partial charge in [0.2, 0.25) is 5.95 Å². The van der Waals surface area contributed by atoms with Crippen LogP contribution in [-0.4, -0.2) is 23.2 Å². The van der Waals surface area contributed by atoms with E-state index in [9.17, 15) is 4.79 Å². The number of nitrogens with one attached hydrogen (secondary N) is 2. The second kappa shape index (κ2) is 7.63. The summed E-state index contributed by atoms with van der Waals surface area (Å²) in [5.74, 6) is 1.38. The number of aromatic nitrogens is 2. The zero-order chi connectivity index (χ0) is 18.6. The first-order valence-electron chi connectivity index (χ1n) is 9.04. The number of ether oxygens (including phenoxy) is 1. The number of fused-ring (bicyclic) bond motifs is 1. The van der Waals surface area contributed by atoms with E-state index in [4.69, 9.17) is 9.72 Å². The minimum absolute atomic E-state index is 0.00457. The number of benzene rings is 2. The molecule has 3 aromatic rings. The molecule has 6 nitrogen and oxygen atoms in total. The van der Waals surface area contributed by atoms with Crippen molar-refractivity contribution in [2.75, 3.05) is 19.0 Å². The molecule has 0 saturated heterocycles. The van der Waals surface area contributed by atoms with Crippen LogP contribution in [0.25, 0.3) is 5.69 Å². The first-order chi connectivity index (χ1) is 13.3. The van der Waals surface area contributed by atoms with Gasteiger partial charge < -0.3 is 15.4 Å². The normalized spacial score (nSPS) is 13.1. The monoisotopic (exact) mass is 362 g/mol. The molecule has 0 atom stereocenters. The summed E-state index contributed by atoms with van der Waals surface area (Å²) in [5, 5.41) is 6.63. The van der Waals surface area contributed by atoms with Gasteiger partial charge in [0, 0.05) is 18.7 Å². The highest BCUT2D eigenvalue weighted by molar-refractivity contribution is 5.44. The van der Waals surface area contributed by atoms with Crippen LogP contribution in [0.2, 0.25) is 0 Å². The molecule has 0 unspecified atom stereocenters. The average molecular weight is 362 g/mol. The van der Waals surface area contributed by atoms with Gasteiger partial charge in [0.1, 0.15) is 5.75 Å². The molecule has 1 aromatic heterocycles. The van der Waals surface area contributed by atoms with Gasteiger partial charge in [0.05, 0.1) is 18.5 Å². The minimum Gasteiger partial charge on any atom is -0.497 e. The van der Waals surface area contributed by atoms with Crippen LogP contribution in [0.15, 0.2) is 59.4 Å². The lowest BCUT2D eigenvalue weighted by Crippen LogP contribution is -2.35. The Morgan fingerprint density at radius 1 is 1.15 bits per heavy atom. The molecule has 0 aliphatic carbocycles. The molecule has 27 heavy (non-hydrogen) atoms. The molecule has 0 spiro atoms. The highest BCUT2D eigenvalue weighted by atomic mass is 16.5. The highest BCUT2D eigenvalue weighted by Gasteiger charge is 2.19. The number of methoxy groups -OCH3 is 1. The third-order valence-electron chi connectivity index (χ3n) is 4.73. The van der Waals surface area contributed by atoms with Crippen LogP contribution in [0.4, 0.5) is 5.95 Å². The Bertz CT molecular complexity index is 982. The molecular formula is C21H22N4O2. The van der Waals surface area contributed by atoms with Gasteiger partial charge in [-0.1, -0.05) is 30.3 Å². The zero-order valence-corrected chi connectivity index (χ0v) is 15.2. The van der Waals surface area contributed by atoms with Crippen molar-refractivity contribution in [3.8, 4) is 11.4 Å². The lowest BCUT2D eigenvalue weighted by atomic mass is 10.1. The van der Waals surface area contributed by atoms with Gasteiger partial charge in [-0.15, -0.1) is 0 Å². The molecule has 1 aliphatic heterocycles. The number of para-hydroxylation sites is 1. The van der Waals surface area contributed by atoms with Gasteiger partial charge in [-0.2, -0.15) is 0 Å². The van der Waals surface area contributed by atoms with Crippen molar-refractivity contribution >= 4 is 5.95 Å². The highest BCUT2D eigenvalue weighted by Crippen LogP contribution is 2.18. The molecule has 0 amide bonds. The van der Waals surface area contributed by atoms with Crippen molar-refractivity contribution in [2.45, 2.75) is 19.5 Å². The Balaban J connectivity index is 1.71. The number of rotatable bonds is 5. The summed E-state index contributed by atoms with van der Waals surface area (Å²) in [6.07, 6.45) is 0.701. The minimum atomic E-state index is 0.00457. The van der Waals surface area contributed by atoms with Crippen molar-refractivity contribution in [1.29, 1.82) is 0 Å². The fourth-order valence-electron chi connectivity index (χ4n) is 3.28. The number of hydrogen-bond acceptors (Lipinski definition) is 5. The molecule has 4 rings (SSSR count). The molecule has 2 heterocycles. The van der Waals surface area contributed by atoms with Crippen LogP contribution in [0.1, 0.15) is 16.8 Å². The van der Waals surface area contributed by atoms with Crippen molar-refractivity contribution in [3.05, 3.63) is 81.8 Å². The maximum atomic E-state index is 13.2. The topological polar surface area (TPSA) is 68.2 Å². The van der Waals surface area contributed by atoms with E-state index in [1.54, 1.807) is 11.7 Å². The van der Waals surface area contributed by atoms with Crippen LogP contribution in [0.3, 0.4) is 0 Å². The Hall–Kier alpha value is -3.12. The predicted octanol–water partition coefficient (Wildman–Crippen LogP) is 2.50. The lowest BCUT2D eigenvalue weighted by molar-refractivity contribution is 0.414. The van der Waals surface area contributed by atoms with Crippen LogP contribution < -0.4 is 20.9 Å². The molecule has 6 heteroatoms. The van der Waals surface area contributed by atoms with E-state index in [1.165, 1.54) is 0 Å². The van der Waals surface area contributed by atoms with E-state index in [1.807, 2.05) is 54.6 Å². The van der Waals surface area contributed by atoms with Gasteiger partial charge in [0.25, 0.3) is 5.56 Å². The maximum Gasteiger partial charge on any atom is 0.263 e. The first-order valence-corrected chi connectivity index (χ1v) is 9.04. The molecule has 138 valence electrons. The average Bonchev–Trinajstić information content (AvgIpc) is 2.73. The lowest BCUT2D eigenvalue weighted by Gasteiger charge is -2.21. The standard InChI is InChI=1S/C21H22N4O2/c1-27-17-9-7-15(8-10-17)13-23-21-24-19-14-22-12-11-18(19)20(26)25(21)16-5-3-2-4-6-16/h2-10,22H,11-14H2,1H3,(H,23,24). The van der Waals surface area contributed by atoms with Gasteiger partial charge in [-0.3, -0.25) is 4.79 Å². The largest absolute Gasteiger partial charge is 0.497 e. The van der Waals surface area contributed by atoms with Crippen molar-refractivity contribution in [3.63, 3.8) is 0 Å². The fourth-order valence-corrected chi connectivity index (χ4v) is 3.28. The predicted molar refractivity (Wildman–Crippen MR) is 106 cm³/mol. The van der Waals surface area contributed by atoms with Gasteiger partial charge in [-0.25, -0.2) is 9.55 Å². The summed E-state index contributed by atoms with van der Waals surface area (Å²) in [5.41, 5.74) is 3.53. The summed E-state index contributed by atoms with van der Waals surface area (Å²) >= 11 is 0. The molecule has 1 aliphatic rings. The van der Waals surface area contributed by atoms with E-state index >= 15 is 0 Å². The van der Waals surface area contributed by atoms with Crippen LogP contribution in [0.5, 0.6) is 5.75 Å². The summed E-state index contributed by atoms with van der Waals surface area (Å²) in [6.45, 7) is 1.99. The molecule has 0 bridgehead atoms. The number of hydrogen-bond donors (Lipinski definition) is 2. The van der Waals surface area contributed by atoms with Crippen molar-refractivity contribution in [2.24, 2.45) is 0 Å². The molecule has 0 radical (unpaired) electrons. The molecule has 2 N–H and O–H groups in total. The summed E-state index contributed by atoms with van der Waals surface area (Å²) in [6, 6.07) is 17.5. The van der Waals surface area contributed by atoms with E-state index in [-0.39, 0.29) is 5.56 Å². The summed E-state index contributed by atoms with van der Waals surface area (Å²) in [4.78, 5) is 17.9. The van der Waals surface area contributed by atoms with Gasteiger partial charge in [-0.05, 0) is 42.8 Å². The van der Waals surface area contributed by atoms with E-state index in [0.717, 1.165) is 34.8 Å². The Kier molecular flexibility index (Phi) is 4.89. The molecule has 0 fully saturated rings. The number of nitrogens with zero attached hydrogens (tertiary/aromatic N) is 2. The third kappa shape index (κ3) is 3.57. The van der Waals surface area contributed by atoms with E-state index in [0.29, 0.717) is 25.5 Å². The zero-order valence-electron chi connectivity index (χ0n) is 15.2. The fraction of sp³-hybridized carbons (Fsp3) is 0.238. The summed E-state index contributed by atoms with van der Waals surface area (Å²) in [7, 11) is 1.65. The van der Waals surface area contributed by atoms with Crippen LogP contribution in [0, 0.1) is 0 Å².